The van der Waals surface area contributed by atoms with E-state index in [-0.39, 0.29) is 12.8 Å². The summed E-state index contributed by atoms with van der Waals surface area (Å²) < 4.78 is 48.5. The van der Waals surface area contributed by atoms with Gasteiger partial charge < -0.3 is 0 Å². The minimum atomic E-state index is -4.37. The van der Waals surface area contributed by atoms with E-state index in [2.05, 4.69) is 0 Å². The number of alkyl halides is 3. The summed E-state index contributed by atoms with van der Waals surface area (Å²) in [6.07, 6.45) is -4.62. The molecule has 0 saturated carbocycles. The van der Waals surface area contributed by atoms with E-state index in [0.717, 1.165) is 13.8 Å². The number of nitriles is 1. The summed E-state index contributed by atoms with van der Waals surface area (Å²) in [5, 5.41) is 14.2. The molecule has 0 amide bonds. The van der Waals surface area contributed by atoms with Crippen LogP contribution in [0.4, 0.5) is 13.2 Å². The van der Waals surface area contributed by atoms with Gasteiger partial charge in [0.25, 0.3) is 0 Å². The van der Waals surface area contributed by atoms with Gasteiger partial charge in [-0.25, -0.2) is 4.21 Å². The van der Waals surface area contributed by atoms with Crippen LogP contribution in [0.15, 0.2) is 0 Å². The second-order valence-corrected chi connectivity index (χ2v) is 7.37. The lowest BCUT2D eigenvalue weighted by atomic mass is 9.79. The third-order valence-corrected chi connectivity index (χ3v) is 4.25. The fraction of sp³-hybridized carbons (Fsp3) is 0.909. The van der Waals surface area contributed by atoms with Gasteiger partial charge in [0.15, 0.2) is 0 Å². The maximum Gasteiger partial charge on any atom is 0.394 e. The summed E-state index contributed by atoms with van der Waals surface area (Å²) in [4.78, 5) is 0. The molecule has 0 aromatic rings. The van der Waals surface area contributed by atoms with Gasteiger partial charge in [-0.3, -0.25) is 5.14 Å². The average molecular weight is 284 g/mol. The van der Waals surface area contributed by atoms with Crippen LogP contribution in [0.1, 0.15) is 40.5 Å². The zero-order valence-electron chi connectivity index (χ0n) is 11.0. The molecule has 0 aliphatic heterocycles. The van der Waals surface area contributed by atoms with Gasteiger partial charge in [-0.1, -0.05) is 13.8 Å². The van der Waals surface area contributed by atoms with Crippen molar-refractivity contribution in [3.05, 3.63) is 0 Å². The summed E-state index contributed by atoms with van der Waals surface area (Å²) in [6.45, 7) is 5.27. The number of nitrogens with zero attached hydrogens (tertiary/aromatic N) is 1. The molecule has 0 saturated heterocycles. The van der Waals surface area contributed by atoms with Gasteiger partial charge in [0.2, 0.25) is 0 Å². The highest BCUT2D eigenvalue weighted by molar-refractivity contribution is 7.84. The lowest BCUT2D eigenvalue weighted by Crippen LogP contribution is -2.38. The Morgan fingerprint density at radius 1 is 1.22 bits per heavy atom. The number of halogens is 3. The Kier molecular flexibility index (Phi) is 5.39. The molecule has 1 unspecified atom stereocenters. The Morgan fingerprint density at radius 3 is 1.94 bits per heavy atom. The number of hydrogen-bond donors (Lipinski definition) is 1. The van der Waals surface area contributed by atoms with E-state index < -0.39 is 33.2 Å². The van der Waals surface area contributed by atoms with Crippen LogP contribution in [0.2, 0.25) is 0 Å². The highest BCUT2D eigenvalue weighted by Gasteiger charge is 2.48. The second-order valence-electron chi connectivity index (χ2n) is 5.67. The van der Waals surface area contributed by atoms with Gasteiger partial charge in [0.1, 0.15) is 0 Å². The molecule has 0 heterocycles. The first kappa shape index (κ1) is 17.4. The number of nitrogens with two attached hydrogens (primary N) is 1. The molecule has 3 nitrogen and oxygen atoms in total. The van der Waals surface area contributed by atoms with Crippen LogP contribution in [0.25, 0.3) is 0 Å². The van der Waals surface area contributed by atoms with Crippen LogP contribution < -0.4 is 5.14 Å². The van der Waals surface area contributed by atoms with Crippen molar-refractivity contribution in [1.82, 2.24) is 0 Å². The molecular formula is C11H19F3N2OS. The fourth-order valence-corrected chi connectivity index (χ4v) is 1.94. The van der Waals surface area contributed by atoms with Crippen LogP contribution in [0.3, 0.4) is 0 Å². The Bertz CT molecular complexity index is 358. The lowest BCUT2D eigenvalue weighted by molar-refractivity contribution is -0.216. The monoisotopic (exact) mass is 284 g/mol. The molecule has 0 aromatic carbocycles. The molecule has 7 heteroatoms. The van der Waals surface area contributed by atoms with Crippen LogP contribution >= 0.6 is 0 Å². The molecule has 2 atom stereocenters. The predicted molar refractivity (Wildman–Crippen MR) is 64.6 cm³/mol. The van der Waals surface area contributed by atoms with Crippen molar-refractivity contribution in [3.63, 3.8) is 0 Å². The zero-order valence-corrected chi connectivity index (χ0v) is 11.8. The molecule has 0 fully saturated rings. The van der Waals surface area contributed by atoms with Crippen molar-refractivity contribution in [2.75, 3.05) is 0 Å². The topological polar surface area (TPSA) is 66.9 Å². The summed E-state index contributed by atoms with van der Waals surface area (Å²) in [5.74, 6) is -0.830. The van der Waals surface area contributed by atoms with Gasteiger partial charge >= 0.3 is 6.18 Å². The Hall–Kier alpha value is -0.610. The van der Waals surface area contributed by atoms with E-state index in [9.17, 15) is 17.4 Å². The second kappa shape index (κ2) is 5.57. The summed E-state index contributed by atoms with van der Waals surface area (Å²) >= 11 is 0. The van der Waals surface area contributed by atoms with Gasteiger partial charge in [0.05, 0.1) is 27.2 Å². The lowest BCUT2D eigenvalue weighted by Gasteiger charge is -2.32. The quantitative estimate of drug-likeness (QED) is 0.843. The highest BCUT2D eigenvalue weighted by Crippen LogP contribution is 2.43. The fourth-order valence-electron chi connectivity index (χ4n) is 1.57. The molecule has 2 N–H and O–H groups in total. The Balaban J connectivity index is 4.86. The maximum atomic E-state index is 12.7. The Morgan fingerprint density at radius 2 is 1.67 bits per heavy atom. The van der Waals surface area contributed by atoms with Gasteiger partial charge in [-0.15, -0.1) is 0 Å². The van der Waals surface area contributed by atoms with E-state index in [1.54, 1.807) is 13.8 Å². The minimum absolute atomic E-state index is 0.0755. The summed E-state index contributed by atoms with van der Waals surface area (Å²) in [7, 11) is -1.68. The van der Waals surface area contributed by atoms with Crippen LogP contribution in [-0.2, 0) is 11.0 Å². The first-order chi connectivity index (χ1) is 7.83. The van der Waals surface area contributed by atoms with Crippen molar-refractivity contribution >= 4 is 11.0 Å². The highest BCUT2D eigenvalue weighted by atomic mass is 32.2. The van der Waals surface area contributed by atoms with Crippen molar-refractivity contribution < 1.29 is 17.4 Å². The van der Waals surface area contributed by atoms with Gasteiger partial charge in [-0.2, -0.15) is 18.4 Å². The molecule has 0 aliphatic carbocycles. The van der Waals surface area contributed by atoms with Crippen LogP contribution in [0.5, 0.6) is 0 Å². The SMILES string of the molecule is CC(C)(C[C@@H](C#N)CC(C)(C)C(F)(F)F)S(N)=O. The van der Waals surface area contributed by atoms with E-state index in [4.69, 9.17) is 10.4 Å². The van der Waals surface area contributed by atoms with Crippen LogP contribution in [-0.4, -0.2) is 15.1 Å². The van der Waals surface area contributed by atoms with E-state index >= 15 is 0 Å². The summed E-state index contributed by atoms with van der Waals surface area (Å²) in [5.41, 5.74) is -1.94. The van der Waals surface area contributed by atoms with Crippen molar-refractivity contribution in [2.45, 2.75) is 51.5 Å². The smallest absolute Gasteiger partial charge is 0.251 e. The molecule has 0 rings (SSSR count). The molecule has 0 bridgehead atoms. The molecule has 18 heavy (non-hydrogen) atoms. The third kappa shape index (κ3) is 4.58. The average Bonchev–Trinajstić information content (AvgIpc) is 2.13. The predicted octanol–water partition coefficient (Wildman–Crippen LogP) is 2.90. The van der Waals surface area contributed by atoms with Gasteiger partial charge in [0, 0.05) is 5.92 Å². The molecule has 0 aliphatic rings. The zero-order chi connectivity index (χ0) is 14.8. The first-order valence-corrected chi connectivity index (χ1v) is 6.67. The van der Waals surface area contributed by atoms with Crippen LogP contribution in [0, 0.1) is 22.7 Å². The minimum Gasteiger partial charge on any atom is -0.251 e. The van der Waals surface area contributed by atoms with E-state index in [0.29, 0.717) is 0 Å². The number of hydrogen-bond acceptors (Lipinski definition) is 2. The molecular weight excluding hydrogens is 265 g/mol. The molecule has 0 spiro atoms. The summed E-state index contributed by atoms with van der Waals surface area (Å²) in [6, 6.07) is 1.85. The Labute approximate surface area is 108 Å². The van der Waals surface area contributed by atoms with Gasteiger partial charge in [-0.05, 0) is 26.7 Å². The first-order valence-electron chi connectivity index (χ1n) is 5.46. The van der Waals surface area contributed by atoms with Crippen molar-refractivity contribution in [1.29, 1.82) is 5.26 Å². The third-order valence-electron chi connectivity index (χ3n) is 2.99. The number of rotatable bonds is 5. The molecule has 106 valence electrons. The largest absolute Gasteiger partial charge is 0.394 e. The van der Waals surface area contributed by atoms with Crippen molar-refractivity contribution in [2.24, 2.45) is 16.5 Å². The molecule has 0 aromatic heterocycles. The van der Waals surface area contributed by atoms with E-state index in [1.165, 1.54) is 0 Å². The van der Waals surface area contributed by atoms with E-state index in [1.807, 2.05) is 6.07 Å². The molecule has 0 radical (unpaired) electrons. The normalized spacial score (nSPS) is 17.1. The van der Waals surface area contributed by atoms with Crippen molar-refractivity contribution in [3.8, 4) is 6.07 Å². The standard InChI is InChI=1S/C11H19F3N2OS/c1-9(2,11(12,13)14)5-8(7-15)6-10(3,4)18(16)17/h8H,5-6,16H2,1-4H3/t8-,18?/m0/s1. The maximum absolute atomic E-state index is 12.7.